The van der Waals surface area contributed by atoms with Crippen LogP contribution < -0.4 is 5.32 Å². The lowest BCUT2D eigenvalue weighted by Crippen LogP contribution is -2.46. The van der Waals surface area contributed by atoms with Gasteiger partial charge >= 0.3 is 5.97 Å². The van der Waals surface area contributed by atoms with Crippen molar-refractivity contribution in [2.24, 2.45) is 0 Å². The van der Waals surface area contributed by atoms with E-state index in [4.69, 9.17) is 4.74 Å². The molecule has 1 saturated carbocycles. The first kappa shape index (κ1) is 17.5. The van der Waals surface area contributed by atoms with E-state index < -0.39 is 17.4 Å². The molecule has 0 aliphatic heterocycles. The van der Waals surface area contributed by atoms with Crippen LogP contribution in [0.3, 0.4) is 0 Å². The molecule has 6 heteroatoms. The zero-order valence-corrected chi connectivity index (χ0v) is 14.4. The van der Waals surface area contributed by atoms with Crippen molar-refractivity contribution in [3.05, 3.63) is 21.4 Å². The highest BCUT2D eigenvalue weighted by Crippen LogP contribution is 2.28. The second-order valence-electron chi connectivity index (χ2n) is 5.97. The third-order valence-electron chi connectivity index (χ3n) is 4.13. The van der Waals surface area contributed by atoms with Crippen LogP contribution >= 0.6 is 11.3 Å². The Labute approximate surface area is 140 Å². The molecule has 0 bridgehead atoms. The van der Waals surface area contributed by atoms with Gasteiger partial charge in [0.05, 0.1) is 6.07 Å². The lowest BCUT2D eigenvalue weighted by atomic mass is 10.00. The number of esters is 1. The van der Waals surface area contributed by atoms with Crippen LogP contribution in [-0.2, 0) is 16.0 Å². The third kappa shape index (κ3) is 4.32. The molecule has 1 fully saturated rings. The summed E-state index contributed by atoms with van der Waals surface area (Å²) in [6.45, 7) is 3.73. The Morgan fingerprint density at radius 1 is 1.43 bits per heavy atom. The number of thiophene rings is 1. The number of ether oxygens (including phenoxy) is 1. The minimum Gasteiger partial charge on any atom is -0.451 e. The van der Waals surface area contributed by atoms with E-state index in [0.717, 1.165) is 36.1 Å². The average molecular weight is 334 g/mol. The minimum atomic E-state index is -0.780. The number of rotatable bonds is 6. The van der Waals surface area contributed by atoms with Crippen molar-refractivity contribution in [2.75, 3.05) is 6.61 Å². The fourth-order valence-corrected chi connectivity index (χ4v) is 3.85. The molecule has 0 unspecified atom stereocenters. The molecule has 1 heterocycles. The second kappa shape index (κ2) is 7.60. The van der Waals surface area contributed by atoms with Crippen molar-refractivity contribution in [1.82, 2.24) is 5.32 Å². The molecule has 0 saturated heterocycles. The number of amides is 1. The van der Waals surface area contributed by atoms with E-state index in [2.05, 4.69) is 18.3 Å². The third-order valence-corrected chi connectivity index (χ3v) is 5.20. The van der Waals surface area contributed by atoms with Crippen LogP contribution in [-0.4, -0.2) is 24.0 Å². The van der Waals surface area contributed by atoms with E-state index in [1.807, 2.05) is 13.0 Å². The SMILES string of the molecule is CCCc1cc(C(=O)OCC(=O)NC2(C#N)CCCC2)sc1C. The predicted molar refractivity (Wildman–Crippen MR) is 88.3 cm³/mol. The summed E-state index contributed by atoms with van der Waals surface area (Å²) in [4.78, 5) is 25.6. The van der Waals surface area contributed by atoms with Crippen molar-refractivity contribution in [3.8, 4) is 6.07 Å². The quantitative estimate of drug-likeness (QED) is 0.811. The zero-order valence-electron chi connectivity index (χ0n) is 13.6. The number of nitrogens with zero attached hydrogens (tertiary/aromatic N) is 1. The highest BCUT2D eigenvalue weighted by atomic mass is 32.1. The largest absolute Gasteiger partial charge is 0.451 e. The van der Waals surface area contributed by atoms with Gasteiger partial charge in [0.25, 0.3) is 5.91 Å². The molecular weight excluding hydrogens is 312 g/mol. The molecule has 1 aliphatic carbocycles. The lowest BCUT2D eigenvalue weighted by Gasteiger charge is -2.21. The molecule has 5 nitrogen and oxygen atoms in total. The number of carbonyl (C=O) groups excluding carboxylic acids is 2. The zero-order chi connectivity index (χ0) is 16.9. The number of hydrogen-bond acceptors (Lipinski definition) is 5. The first-order valence-electron chi connectivity index (χ1n) is 7.98. The van der Waals surface area contributed by atoms with E-state index in [9.17, 15) is 14.9 Å². The number of aryl methyl sites for hydroxylation is 2. The minimum absolute atomic E-state index is 0.345. The van der Waals surface area contributed by atoms with Crippen LogP contribution in [0.1, 0.15) is 59.1 Å². The highest BCUT2D eigenvalue weighted by molar-refractivity contribution is 7.14. The Kier molecular flexibility index (Phi) is 5.78. The van der Waals surface area contributed by atoms with Crippen LogP contribution in [0.2, 0.25) is 0 Å². The van der Waals surface area contributed by atoms with E-state index in [1.165, 1.54) is 11.3 Å². The van der Waals surface area contributed by atoms with Gasteiger partial charge in [0.15, 0.2) is 6.61 Å². The summed E-state index contributed by atoms with van der Waals surface area (Å²) in [6.07, 6.45) is 5.14. The maximum absolute atomic E-state index is 12.0. The molecular formula is C17H22N2O3S. The van der Waals surface area contributed by atoms with Gasteiger partial charge in [-0.3, -0.25) is 4.79 Å². The molecule has 0 spiro atoms. The summed E-state index contributed by atoms with van der Waals surface area (Å²) in [6, 6.07) is 4.03. The van der Waals surface area contributed by atoms with Gasteiger partial charge < -0.3 is 10.1 Å². The standard InChI is InChI=1S/C17H22N2O3S/c1-3-6-13-9-14(23-12(13)2)16(21)22-10-15(20)19-17(11-18)7-4-5-8-17/h9H,3-8,10H2,1-2H3,(H,19,20). The first-order valence-corrected chi connectivity index (χ1v) is 8.80. The van der Waals surface area contributed by atoms with Crippen LogP contribution in [0.15, 0.2) is 6.07 Å². The van der Waals surface area contributed by atoms with Gasteiger partial charge in [0.2, 0.25) is 0 Å². The van der Waals surface area contributed by atoms with E-state index in [0.29, 0.717) is 17.7 Å². The monoisotopic (exact) mass is 334 g/mol. The molecule has 0 radical (unpaired) electrons. The van der Waals surface area contributed by atoms with Crippen LogP contribution in [0.25, 0.3) is 0 Å². The van der Waals surface area contributed by atoms with Crippen LogP contribution in [0.5, 0.6) is 0 Å². The summed E-state index contributed by atoms with van der Waals surface area (Å²) < 4.78 is 5.09. The molecule has 1 aromatic rings. The molecule has 1 aliphatic rings. The Morgan fingerprint density at radius 2 is 2.13 bits per heavy atom. The van der Waals surface area contributed by atoms with Gasteiger partial charge in [0, 0.05) is 4.88 Å². The highest BCUT2D eigenvalue weighted by Gasteiger charge is 2.35. The predicted octanol–water partition coefficient (Wildman–Crippen LogP) is 3.12. The molecule has 2 rings (SSSR count). The number of carbonyl (C=O) groups is 2. The normalized spacial score (nSPS) is 15.9. The van der Waals surface area contributed by atoms with Gasteiger partial charge in [-0.05, 0) is 50.7 Å². The van der Waals surface area contributed by atoms with Crippen LogP contribution in [0.4, 0.5) is 0 Å². The number of nitrogens with one attached hydrogen (secondary N) is 1. The van der Waals surface area contributed by atoms with Crippen molar-refractivity contribution >= 4 is 23.2 Å². The second-order valence-corrected chi connectivity index (χ2v) is 7.22. The van der Waals surface area contributed by atoms with E-state index in [1.54, 1.807) is 0 Å². The molecule has 124 valence electrons. The average Bonchev–Trinajstić information content (AvgIpc) is 3.13. The van der Waals surface area contributed by atoms with Gasteiger partial charge in [0.1, 0.15) is 10.4 Å². The van der Waals surface area contributed by atoms with E-state index >= 15 is 0 Å². The molecule has 1 aromatic heterocycles. The molecule has 1 N–H and O–H groups in total. The molecule has 0 atom stereocenters. The summed E-state index contributed by atoms with van der Waals surface area (Å²) in [5, 5.41) is 11.9. The summed E-state index contributed by atoms with van der Waals surface area (Å²) in [5.74, 6) is -0.892. The lowest BCUT2D eigenvalue weighted by molar-refractivity contribution is -0.125. The molecule has 0 aromatic carbocycles. The van der Waals surface area contributed by atoms with Gasteiger partial charge in [-0.2, -0.15) is 5.26 Å². The Bertz CT molecular complexity index is 624. The van der Waals surface area contributed by atoms with Gasteiger partial charge in [-0.25, -0.2) is 4.79 Å². The smallest absolute Gasteiger partial charge is 0.348 e. The van der Waals surface area contributed by atoms with Crippen molar-refractivity contribution in [1.29, 1.82) is 5.26 Å². The van der Waals surface area contributed by atoms with Gasteiger partial charge in [-0.1, -0.05) is 13.3 Å². The molecule has 1 amide bonds. The maximum atomic E-state index is 12.0. The van der Waals surface area contributed by atoms with Gasteiger partial charge in [-0.15, -0.1) is 11.3 Å². The Hall–Kier alpha value is -1.87. The van der Waals surface area contributed by atoms with Crippen molar-refractivity contribution in [2.45, 2.75) is 57.9 Å². The van der Waals surface area contributed by atoms with Crippen LogP contribution in [0, 0.1) is 18.3 Å². The van der Waals surface area contributed by atoms with Crippen molar-refractivity contribution < 1.29 is 14.3 Å². The summed E-state index contributed by atoms with van der Waals surface area (Å²) >= 11 is 1.39. The Morgan fingerprint density at radius 3 is 2.74 bits per heavy atom. The maximum Gasteiger partial charge on any atom is 0.348 e. The summed E-state index contributed by atoms with van der Waals surface area (Å²) in [7, 11) is 0. The molecule has 23 heavy (non-hydrogen) atoms. The van der Waals surface area contributed by atoms with Crippen molar-refractivity contribution in [3.63, 3.8) is 0 Å². The van der Waals surface area contributed by atoms with E-state index in [-0.39, 0.29) is 6.61 Å². The topological polar surface area (TPSA) is 79.2 Å². The summed E-state index contributed by atoms with van der Waals surface area (Å²) in [5.41, 5.74) is 0.375. The first-order chi connectivity index (χ1) is 11.0. The fraction of sp³-hybridized carbons (Fsp3) is 0.588. The number of hydrogen-bond donors (Lipinski definition) is 1. The Balaban J connectivity index is 1.87. The number of nitriles is 1. The fourth-order valence-electron chi connectivity index (χ4n) is 2.89.